The third-order valence-electron chi connectivity index (χ3n) is 5.07. The normalized spacial score (nSPS) is 11.2. The fourth-order valence-electron chi connectivity index (χ4n) is 3.25. The van der Waals surface area contributed by atoms with E-state index in [-0.39, 0.29) is 28.0 Å². The van der Waals surface area contributed by atoms with Crippen molar-refractivity contribution in [2.45, 2.75) is 13.1 Å². The fourth-order valence-corrected chi connectivity index (χ4v) is 3.25. The van der Waals surface area contributed by atoms with Crippen molar-refractivity contribution >= 4 is 22.9 Å². The highest BCUT2D eigenvalue weighted by Crippen LogP contribution is 2.38. The van der Waals surface area contributed by atoms with Crippen molar-refractivity contribution in [2.75, 3.05) is 7.11 Å². The maximum atomic E-state index is 13.8. The van der Waals surface area contributed by atoms with Gasteiger partial charge >= 0.3 is 18.1 Å². The highest BCUT2D eigenvalue weighted by atomic mass is 19.4. The number of halogens is 3. The van der Waals surface area contributed by atoms with E-state index in [0.717, 1.165) is 11.6 Å². The molecule has 36 heavy (non-hydrogen) atoms. The van der Waals surface area contributed by atoms with Gasteiger partial charge in [0.1, 0.15) is 17.1 Å². The number of fused-ring (bicyclic) bond motifs is 1. The van der Waals surface area contributed by atoms with Crippen LogP contribution in [0.25, 0.3) is 11.0 Å². The van der Waals surface area contributed by atoms with Crippen LogP contribution in [0.2, 0.25) is 0 Å². The number of carbonyl (C=O) groups is 2. The van der Waals surface area contributed by atoms with E-state index in [1.54, 1.807) is 24.3 Å². The minimum atomic E-state index is -5.08. The van der Waals surface area contributed by atoms with Gasteiger partial charge in [0.05, 0.1) is 23.6 Å². The van der Waals surface area contributed by atoms with E-state index in [1.165, 1.54) is 43.5 Å². The van der Waals surface area contributed by atoms with E-state index in [1.807, 2.05) is 6.92 Å². The Labute approximate surface area is 201 Å². The Morgan fingerprint density at radius 1 is 0.833 bits per heavy atom. The molecule has 4 aromatic rings. The van der Waals surface area contributed by atoms with Crippen LogP contribution in [0.3, 0.4) is 0 Å². The molecule has 0 N–H and O–H groups in total. The molecule has 0 bridgehead atoms. The first-order valence-electron chi connectivity index (χ1n) is 10.4. The summed E-state index contributed by atoms with van der Waals surface area (Å²) in [6.45, 7) is 1.84. The highest BCUT2D eigenvalue weighted by molar-refractivity contribution is 5.92. The molecule has 4 rings (SSSR count). The fraction of sp³-hybridized carbons (Fsp3) is 0.115. The van der Waals surface area contributed by atoms with Gasteiger partial charge in [-0.1, -0.05) is 17.7 Å². The zero-order valence-corrected chi connectivity index (χ0v) is 18.8. The molecule has 0 aliphatic heterocycles. The molecule has 1 heterocycles. The lowest BCUT2D eigenvalue weighted by molar-refractivity contribution is -0.154. The predicted octanol–water partition coefficient (Wildman–Crippen LogP) is 5.92. The average molecular weight is 498 g/mol. The lowest BCUT2D eigenvalue weighted by Crippen LogP contribution is -2.15. The van der Waals surface area contributed by atoms with Gasteiger partial charge in [0, 0.05) is 6.07 Å². The summed E-state index contributed by atoms with van der Waals surface area (Å²) >= 11 is 0. The standard InChI is InChI=1S/C26H17F3O7/c1-14-3-5-16(6-4-14)25(32)35-18-11-12-19-20(13-18)36-23(26(27,28)29)22(21(19)30)34-17-9-7-15(8-10-17)24(31)33-2/h3-13H,1-2H3. The van der Waals surface area contributed by atoms with Crippen LogP contribution < -0.4 is 14.9 Å². The molecule has 0 atom stereocenters. The smallest absolute Gasteiger partial charge is 0.453 e. The molecule has 0 radical (unpaired) electrons. The highest BCUT2D eigenvalue weighted by Gasteiger charge is 2.40. The van der Waals surface area contributed by atoms with Crippen LogP contribution in [0.4, 0.5) is 13.2 Å². The van der Waals surface area contributed by atoms with Gasteiger partial charge in [0.2, 0.25) is 11.2 Å². The molecule has 10 heteroatoms. The number of esters is 2. The number of methoxy groups -OCH3 is 1. The maximum absolute atomic E-state index is 13.8. The Kier molecular flexibility index (Phi) is 6.52. The van der Waals surface area contributed by atoms with Crippen molar-refractivity contribution in [3.8, 4) is 17.2 Å². The Morgan fingerprint density at radius 3 is 2.03 bits per heavy atom. The number of benzene rings is 3. The van der Waals surface area contributed by atoms with Crippen molar-refractivity contribution < 1.29 is 41.4 Å². The third-order valence-corrected chi connectivity index (χ3v) is 5.07. The Hall–Kier alpha value is -4.60. The molecule has 0 fully saturated rings. The Morgan fingerprint density at radius 2 is 1.42 bits per heavy atom. The molecule has 0 aliphatic carbocycles. The van der Waals surface area contributed by atoms with Gasteiger partial charge < -0.3 is 18.6 Å². The summed E-state index contributed by atoms with van der Waals surface area (Å²) in [6, 6.07) is 14.9. The molecule has 0 aliphatic rings. The Bertz CT molecular complexity index is 1500. The van der Waals surface area contributed by atoms with Crippen molar-refractivity contribution in [1.29, 1.82) is 0 Å². The number of alkyl halides is 3. The number of ether oxygens (including phenoxy) is 3. The van der Waals surface area contributed by atoms with Crippen LogP contribution in [0, 0.1) is 6.92 Å². The van der Waals surface area contributed by atoms with Crippen LogP contribution in [0.1, 0.15) is 32.0 Å². The summed E-state index contributed by atoms with van der Waals surface area (Å²) in [5.74, 6) is -4.38. The van der Waals surface area contributed by atoms with Crippen LogP contribution in [0.15, 0.2) is 75.9 Å². The average Bonchev–Trinajstić information content (AvgIpc) is 2.85. The zero-order chi connectivity index (χ0) is 26.0. The molecule has 7 nitrogen and oxygen atoms in total. The molecule has 0 saturated carbocycles. The third kappa shape index (κ3) is 5.07. The van der Waals surface area contributed by atoms with Gasteiger partial charge in [-0.05, 0) is 55.5 Å². The zero-order valence-electron chi connectivity index (χ0n) is 18.8. The van der Waals surface area contributed by atoms with Gasteiger partial charge in [-0.25, -0.2) is 9.59 Å². The quantitative estimate of drug-likeness (QED) is 0.249. The van der Waals surface area contributed by atoms with Crippen LogP contribution in [-0.2, 0) is 10.9 Å². The number of hydrogen-bond acceptors (Lipinski definition) is 7. The van der Waals surface area contributed by atoms with E-state index >= 15 is 0 Å². The van der Waals surface area contributed by atoms with Crippen molar-refractivity contribution in [3.05, 3.63) is 99.4 Å². The second-order valence-electron chi connectivity index (χ2n) is 7.62. The first-order chi connectivity index (χ1) is 17.1. The summed E-state index contributed by atoms with van der Waals surface area (Å²) in [5.41, 5.74) is -0.234. The second-order valence-corrected chi connectivity index (χ2v) is 7.62. The molecule has 0 amide bonds. The number of hydrogen-bond donors (Lipinski definition) is 0. The Balaban J connectivity index is 1.71. The predicted molar refractivity (Wildman–Crippen MR) is 121 cm³/mol. The van der Waals surface area contributed by atoms with Crippen LogP contribution in [0.5, 0.6) is 17.2 Å². The summed E-state index contributed by atoms with van der Waals surface area (Å²) < 4.78 is 61.4. The first-order valence-corrected chi connectivity index (χ1v) is 10.4. The summed E-state index contributed by atoms with van der Waals surface area (Å²) in [4.78, 5) is 36.8. The molecular formula is C26H17F3O7. The summed E-state index contributed by atoms with van der Waals surface area (Å²) in [5, 5.41) is -0.223. The largest absolute Gasteiger partial charge is 0.465 e. The number of rotatable bonds is 5. The second kappa shape index (κ2) is 9.57. The minimum absolute atomic E-state index is 0.114. The van der Waals surface area contributed by atoms with E-state index in [4.69, 9.17) is 13.9 Å². The van der Waals surface area contributed by atoms with E-state index in [0.29, 0.717) is 0 Å². The van der Waals surface area contributed by atoms with Crippen LogP contribution in [-0.4, -0.2) is 19.0 Å². The van der Waals surface area contributed by atoms with Gasteiger partial charge in [-0.2, -0.15) is 13.2 Å². The molecule has 0 spiro atoms. The monoisotopic (exact) mass is 498 g/mol. The minimum Gasteiger partial charge on any atom is -0.465 e. The van der Waals surface area contributed by atoms with E-state index in [2.05, 4.69) is 4.74 Å². The first kappa shape index (κ1) is 24.5. The van der Waals surface area contributed by atoms with Crippen molar-refractivity contribution in [2.24, 2.45) is 0 Å². The van der Waals surface area contributed by atoms with Gasteiger partial charge in [-0.15, -0.1) is 0 Å². The number of carbonyl (C=O) groups excluding carboxylic acids is 2. The van der Waals surface area contributed by atoms with E-state index < -0.39 is 40.6 Å². The lowest BCUT2D eigenvalue weighted by atomic mass is 10.1. The molecule has 0 unspecified atom stereocenters. The topological polar surface area (TPSA) is 92.0 Å². The molecule has 0 saturated heterocycles. The van der Waals surface area contributed by atoms with Gasteiger partial charge in [0.15, 0.2) is 0 Å². The van der Waals surface area contributed by atoms with Crippen molar-refractivity contribution in [1.82, 2.24) is 0 Å². The molecule has 184 valence electrons. The molecular weight excluding hydrogens is 481 g/mol. The number of aryl methyl sites for hydroxylation is 1. The van der Waals surface area contributed by atoms with E-state index in [9.17, 15) is 27.6 Å². The van der Waals surface area contributed by atoms with Crippen molar-refractivity contribution in [3.63, 3.8) is 0 Å². The summed E-state index contributed by atoms with van der Waals surface area (Å²) in [7, 11) is 1.18. The van der Waals surface area contributed by atoms with Gasteiger partial charge in [0.25, 0.3) is 5.76 Å². The molecule has 3 aromatic carbocycles. The van der Waals surface area contributed by atoms with Gasteiger partial charge in [-0.3, -0.25) is 4.79 Å². The van der Waals surface area contributed by atoms with Crippen LogP contribution >= 0.6 is 0 Å². The lowest BCUT2D eigenvalue weighted by Gasteiger charge is -2.14. The summed E-state index contributed by atoms with van der Waals surface area (Å²) in [6.07, 6.45) is -5.08. The SMILES string of the molecule is COC(=O)c1ccc(Oc2c(C(F)(F)F)oc3cc(OC(=O)c4ccc(C)cc4)ccc3c2=O)cc1. The molecule has 1 aromatic heterocycles. The maximum Gasteiger partial charge on any atom is 0.453 e.